The van der Waals surface area contributed by atoms with E-state index in [1.807, 2.05) is 13.8 Å². The third kappa shape index (κ3) is 11.6. The van der Waals surface area contributed by atoms with Crippen molar-refractivity contribution >= 4 is 11.7 Å². The molecule has 12 heavy (non-hydrogen) atoms. The highest BCUT2D eigenvalue weighted by Gasteiger charge is 1.98. The van der Waals surface area contributed by atoms with Gasteiger partial charge in [-0.05, 0) is 13.0 Å². The predicted molar refractivity (Wildman–Crippen MR) is 49.6 cm³/mol. The van der Waals surface area contributed by atoms with E-state index in [2.05, 4.69) is 0 Å². The summed E-state index contributed by atoms with van der Waals surface area (Å²) in [5.74, 6) is -0.487. The van der Waals surface area contributed by atoms with E-state index in [1.165, 1.54) is 6.08 Å². The number of rotatable bonds is 4. The van der Waals surface area contributed by atoms with Gasteiger partial charge in [0, 0.05) is 12.8 Å². The van der Waals surface area contributed by atoms with Gasteiger partial charge in [-0.15, -0.1) is 0 Å². The molecule has 0 heterocycles. The van der Waals surface area contributed by atoms with Crippen molar-refractivity contribution in [2.24, 2.45) is 5.73 Å². The highest BCUT2D eigenvalue weighted by atomic mass is 16.1. The van der Waals surface area contributed by atoms with Gasteiger partial charge < -0.3 is 5.73 Å². The molecule has 3 nitrogen and oxygen atoms in total. The van der Waals surface area contributed by atoms with Crippen LogP contribution in [-0.4, -0.2) is 11.7 Å². The molecule has 0 saturated heterocycles. The van der Waals surface area contributed by atoms with Crippen LogP contribution in [0, 0.1) is 0 Å². The van der Waals surface area contributed by atoms with Crippen LogP contribution in [0.15, 0.2) is 12.2 Å². The standard InChI is InChI=1S/C7H11NO2.C2H6/c1-2-3-6(9)4-5-7(8)10;1-2/h2-3H,4-5H2,1H3,(H2,8,10);1-2H3/b3-2+;. The zero-order chi connectivity index (χ0) is 9.98. The van der Waals surface area contributed by atoms with Gasteiger partial charge in [-0.2, -0.15) is 0 Å². The first-order valence-electron chi connectivity index (χ1n) is 4.10. The van der Waals surface area contributed by atoms with Crippen LogP contribution in [0.5, 0.6) is 0 Å². The highest BCUT2D eigenvalue weighted by molar-refractivity contribution is 5.92. The first-order valence-corrected chi connectivity index (χ1v) is 4.10. The third-order valence-electron chi connectivity index (χ3n) is 0.970. The Hall–Kier alpha value is -1.12. The number of allylic oxidation sites excluding steroid dienone is 2. The van der Waals surface area contributed by atoms with Gasteiger partial charge in [-0.25, -0.2) is 0 Å². The van der Waals surface area contributed by atoms with E-state index in [1.54, 1.807) is 13.0 Å². The SMILES string of the molecule is C/C=C/C(=O)CCC(N)=O.CC. The molecule has 0 fully saturated rings. The van der Waals surface area contributed by atoms with Gasteiger partial charge in [-0.1, -0.05) is 19.9 Å². The maximum Gasteiger partial charge on any atom is 0.217 e. The molecule has 0 aliphatic carbocycles. The van der Waals surface area contributed by atoms with Crippen LogP contribution in [0.4, 0.5) is 0 Å². The molecule has 2 N–H and O–H groups in total. The van der Waals surface area contributed by atoms with Crippen molar-refractivity contribution in [3.05, 3.63) is 12.2 Å². The number of hydrogen-bond donors (Lipinski definition) is 1. The molecule has 70 valence electrons. The molecule has 0 saturated carbocycles. The van der Waals surface area contributed by atoms with Crippen molar-refractivity contribution in [1.29, 1.82) is 0 Å². The zero-order valence-corrected chi connectivity index (χ0v) is 7.96. The lowest BCUT2D eigenvalue weighted by atomic mass is 10.2. The summed E-state index contributed by atoms with van der Waals surface area (Å²) < 4.78 is 0. The van der Waals surface area contributed by atoms with Gasteiger partial charge in [0.1, 0.15) is 0 Å². The molecule has 0 unspecified atom stereocenters. The minimum absolute atomic E-state index is 0.0544. The number of amides is 1. The molecule has 0 aromatic rings. The fourth-order valence-electron chi connectivity index (χ4n) is 0.516. The molecule has 3 heteroatoms. The van der Waals surface area contributed by atoms with E-state index in [9.17, 15) is 9.59 Å². The monoisotopic (exact) mass is 171 g/mol. The number of carbonyl (C=O) groups excluding carboxylic acids is 2. The van der Waals surface area contributed by atoms with Crippen molar-refractivity contribution in [3.8, 4) is 0 Å². The summed E-state index contributed by atoms with van der Waals surface area (Å²) in [5.41, 5.74) is 4.82. The summed E-state index contributed by atoms with van der Waals surface area (Å²) in [6.45, 7) is 5.75. The highest BCUT2D eigenvalue weighted by Crippen LogP contribution is 1.90. The fraction of sp³-hybridized carbons (Fsp3) is 0.556. The normalized spacial score (nSPS) is 8.92. The summed E-state index contributed by atoms with van der Waals surface area (Å²) in [5, 5.41) is 0. The molecule has 0 aromatic heterocycles. The minimum Gasteiger partial charge on any atom is -0.370 e. The van der Waals surface area contributed by atoms with E-state index in [0.717, 1.165) is 0 Å². The smallest absolute Gasteiger partial charge is 0.217 e. The molecular weight excluding hydrogens is 154 g/mol. The zero-order valence-electron chi connectivity index (χ0n) is 7.96. The summed E-state index contributed by atoms with van der Waals surface area (Å²) in [4.78, 5) is 20.8. The van der Waals surface area contributed by atoms with E-state index in [4.69, 9.17) is 5.73 Å². The second kappa shape index (κ2) is 9.88. The van der Waals surface area contributed by atoms with Gasteiger partial charge >= 0.3 is 0 Å². The largest absolute Gasteiger partial charge is 0.370 e. The molecule has 0 aliphatic rings. The van der Waals surface area contributed by atoms with E-state index >= 15 is 0 Å². The average molecular weight is 171 g/mol. The van der Waals surface area contributed by atoms with Crippen LogP contribution >= 0.6 is 0 Å². The van der Waals surface area contributed by atoms with Gasteiger partial charge in [0.05, 0.1) is 0 Å². The van der Waals surface area contributed by atoms with Gasteiger partial charge in [-0.3, -0.25) is 9.59 Å². The lowest BCUT2D eigenvalue weighted by Gasteiger charge is -1.89. The van der Waals surface area contributed by atoms with Crippen molar-refractivity contribution in [1.82, 2.24) is 0 Å². The number of primary amides is 1. The van der Waals surface area contributed by atoms with E-state index < -0.39 is 5.91 Å². The number of carbonyl (C=O) groups is 2. The van der Waals surface area contributed by atoms with Crippen LogP contribution in [0.25, 0.3) is 0 Å². The minimum atomic E-state index is -0.433. The molecule has 0 bridgehead atoms. The summed E-state index contributed by atoms with van der Waals surface area (Å²) >= 11 is 0. The maximum absolute atomic E-state index is 10.7. The molecule has 1 amide bonds. The molecule has 0 atom stereocenters. The van der Waals surface area contributed by atoms with Crippen molar-refractivity contribution in [2.75, 3.05) is 0 Å². The first-order chi connectivity index (χ1) is 5.66. The lowest BCUT2D eigenvalue weighted by molar-refractivity contribution is -0.121. The molecule has 0 spiro atoms. The van der Waals surface area contributed by atoms with Gasteiger partial charge in [0.15, 0.2) is 5.78 Å². The van der Waals surface area contributed by atoms with Gasteiger partial charge in [0.2, 0.25) is 5.91 Å². The Morgan fingerprint density at radius 3 is 2.08 bits per heavy atom. The van der Waals surface area contributed by atoms with Crippen molar-refractivity contribution in [3.63, 3.8) is 0 Å². The second-order valence-corrected chi connectivity index (χ2v) is 1.93. The first kappa shape index (κ1) is 13.5. The van der Waals surface area contributed by atoms with Crippen LogP contribution in [0.2, 0.25) is 0 Å². The quantitative estimate of drug-likeness (QED) is 0.650. The Morgan fingerprint density at radius 2 is 1.75 bits per heavy atom. The summed E-state index contributed by atoms with van der Waals surface area (Å²) in [7, 11) is 0. The van der Waals surface area contributed by atoms with Gasteiger partial charge in [0.25, 0.3) is 0 Å². The van der Waals surface area contributed by atoms with Crippen LogP contribution in [0.3, 0.4) is 0 Å². The predicted octanol–water partition coefficient (Wildman–Crippen LogP) is 1.42. The summed E-state index contributed by atoms with van der Waals surface area (Å²) in [6, 6.07) is 0. The Morgan fingerprint density at radius 1 is 1.25 bits per heavy atom. The van der Waals surface area contributed by atoms with E-state index in [-0.39, 0.29) is 18.6 Å². The van der Waals surface area contributed by atoms with E-state index in [0.29, 0.717) is 0 Å². The fourth-order valence-corrected chi connectivity index (χ4v) is 0.516. The Labute approximate surface area is 73.6 Å². The van der Waals surface area contributed by atoms with Crippen LogP contribution in [-0.2, 0) is 9.59 Å². The van der Waals surface area contributed by atoms with Crippen LogP contribution < -0.4 is 5.73 Å². The molecule has 0 aromatic carbocycles. The van der Waals surface area contributed by atoms with Crippen LogP contribution in [0.1, 0.15) is 33.6 Å². The lowest BCUT2D eigenvalue weighted by Crippen LogP contribution is -2.11. The summed E-state index contributed by atoms with van der Waals surface area (Å²) in [6.07, 6.45) is 3.44. The molecule has 0 radical (unpaired) electrons. The average Bonchev–Trinajstić information content (AvgIpc) is 2.05. The number of ketones is 1. The molecule has 0 rings (SSSR count). The maximum atomic E-state index is 10.7. The Kier molecular flexibility index (Phi) is 11.1. The Balaban J connectivity index is 0. The topological polar surface area (TPSA) is 60.2 Å². The number of hydrogen-bond acceptors (Lipinski definition) is 2. The van der Waals surface area contributed by atoms with Crippen molar-refractivity contribution < 1.29 is 9.59 Å². The second-order valence-electron chi connectivity index (χ2n) is 1.93. The van der Waals surface area contributed by atoms with Crippen molar-refractivity contribution in [2.45, 2.75) is 33.6 Å². The molecule has 0 aliphatic heterocycles. The third-order valence-corrected chi connectivity index (χ3v) is 0.970. The Bertz CT molecular complexity index is 162. The number of nitrogens with two attached hydrogens (primary N) is 1. The molecular formula is C9H17NO2.